The number of ketones is 1. The van der Waals surface area contributed by atoms with Crippen LogP contribution >= 0.6 is 0 Å². The van der Waals surface area contributed by atoms with Crippen LogP contribution in [0.5, 0.6) is 5.75 Å². The van der Waals surface area contributed by atoms with Gasteiger partial charge in [0.1, 0.15) is 5.75 Å². The molecule has 3 aliphatic carbocycles. The van der Waals surface area contributed by atoms with Gasteiger partial charge in [-0.1, -0.05) is 51.7 Å². The molecule has 41 heavy (non-hydrogen) atoms. The minimum Gasteiger partial charge on any atom is -0.508 e. The summed E-state index contributed by atoms with van der Waals surface area (Å²) in [5.74, 6) is -2.41. The molecule has 0 heterocycles. The largest absolute Gasteiger partial charge is 0.508 e. The summed E-state index contributed by atoms with van der Waals surface area (Å²) in [4.78, 5) is 12.7. The van der Waals surface area contributed by atoms with Gasteiger partial charge in [-0.3, -0.25) is 9.00 Å². The fourth-order valence-electron chi connectivity index (χ4n) is 7.86. The third-order valence-electron chi connectivity index (χ3n) is 10.2. The zero-order valence-corrected chi connectivity index (χ0v) is 24.7. The van der Waals surface area contributed by atoms with E-state index in [-0.39, 0.29) is 17.0 Å². The number of hydrogen-bond acceptors (Lipinski definition) is 3. The van der Waals surface area contributed by atoms with Crippen LogP contribution in [0.25, 0.3) is 0 Å². The van der Waals surface area contributed by atoms with Gasteiger partial charge in [-0.15, -0.1) is 0 Å². The standard InChI is InChI=1S/C32H43F5O3S/c1-21-28(39)20-27-29-22(18-23-19-24(38)11-12-25(23)26(29)13-15-30(21,27)2)10-7-5-3-4-6-8-16-41(40)17-9-14-31(33,34)32(35,36)37/h11-12,19,22,26-27,29,38H,1,3-10,13-18,20H2,2H3/t22-,26?,27?,29?,30?,41?/m1/s1. The van der Waals surface area contributed by atoms with Crippen LogP contribution in [0, 0.1) is 23.2 Å². The molecule has 0 aromatic heterocycles. The van der Waals surface area contributed by atoms with E-state index in [1.807, 2.05) is 6.07 Å². The minimum absolute atomic E-state index is 0.121. The molecule has 1 N–H and O–H groups in total. The molecule has 0 saturated heterocycles. The van der Waals surface area contributed by atoms with Gasteiger partial charge in [0.15, 0.2) is 5.78 Å². The molecule has 5 unspecified atom stereocenters. The van der Waals surface area contributed by atoms with Crippen molar-refractivity contribution in [2.75, 3.05) is 11.5 Å². The highest BCUT2D eigenvalue weighted by atomic mass is 32.2. The maximum absolute atomic E-state index is 13.0. The van der Waals surface area contributed by atoms with Gasteiger partial charge >= 0.3 is 12.1 Å². The Morgan fingerprint density at radius 3 is 2.37 bits per heavy atom. The number of Topliss-reactive ketones (excluding diaryl/α,β-unsaturated/α-hetero) is 1. The Morgan fingerprint density at radius 1 is 1.00 bits per heavy atom. The number of fused-ring (bicyclic) bond motifs is 5. The maximum Gasteiger partial charge on any atom is 0.453 e. The fraction of sp³-hybridized carbons (Fsp3) is 0.719. The van der Waals surface area contributed by atoms with Crippen LogP contribution in [-0.4, -0.2) is 38.7 Å². The summed E-state index contributed by atoms with van der Waals surface area (Å²) < 4.78 is 74.6. The van der Waals surface area contributed by atoms with E-state index >= 15 is 0 Å². The van der Waals surface area contributed by atoms with Gasteiger partial charge in [-0.25, -0.2) is 0 Å². The number of carbonyl (C=O) groups is 1. The quantitative estimate of drug-likeness (QED) is 0.140. The summed E-state index contributed by atoms with van der Waals surface area (Å²) in [5.41, 5.74) is 3.25. The van der Waals surface area contributed by atoms with Crippen molar-refractivity contribution in [3.8, 4) is 5.75 Å². The molecule has 0 spiro atoms. The zero-order chi connectivity index (χ0) is 30.0. The molecule has 0 radical (unpaired) electrons. The number of carbonyl (C=O) groups excluding carboxylic acids is 1. The minimum atomic E-state index is -5.55. The van der Waals surface area contributed by atoms with Crippen molar-refractivity contribution in [1.29, 1.82) is 0 Å². The molecule has 3 aliphatic rings. The van der Waals surface area contributed by atoms with Crippen LogP contribution in [0.4, 0.5) is 22.0 Å². The van der Waals surface area contributed by atoms with Gasteiger partial charge in [0.2, 0.25) is 0 Å². The highest BCUT2D eigenvalue weighted by Gasteiger charge is 2.57. The SMILES string of the molecule is C=C1C(=O)CC2C3C(CCC12C)c1ccc(O)cc1C[C@H]3CCCCCCCCS(=O)CCCC(F)(F)C(F)(F)F. The van der Waals surface area contributed by atoms with Crippen LogP contribution < -0.4 is 0 Å². The molecular formula is C32H43F5O3S. The lowest BCUT2D eigenvalue weighted by atomic mass is 9.52. The number of alkyl halides is 5. The van der Waals surface area contributed by atoms with Crippen molar-refractivity contribution in [3.05, 3.63) is 41.5 Å². The third-order valence-corrected chi connectivity index (χ3v) is 11.7. The maximum atomic E-state index is 13.0. The predicted molar refractivity (Wildman–Crippen MR) is 152 cm³/mol. The zero-order valence-electron chi connectivity index (χ0n) is 23.9. The second-order valence-corrected chi connectivity index (χ2v) is 14.5. The Balaban J connectivity index is 1.21. The van der Waals surface area contributed by atoms with E-state index < -0.39 is 35.7 Å². The first-order valence-electron chi connectivity index (χ1n) is 15.1. The Hall–Kier alpha value is -1.77. The topological polar surface area (TPSA) is 54.4 Å². The van der Waals surface area contributed by atoms with Crippen molar-refractivity contribution in [3.63, 3.8) is 0 Å². The molecule has 0 bridgehead atoms. The lowest BCUT2D eigenvalue weighted by Crippen LogP contribution is -2.44. The molecule has 6 atom stereocenters. The number of unbranched alkanes of at least 4 members (excludes halogenated alkanes) is 5. The molecule has 2 fully saturated rings. The number of rotatable bonds is 13. The van der Waals surface area contributed by atoms with E-state index in [2.05, 4.69) is 19.6 Å². The van der Waals surface area contributed by atoms with E-state index in [0.717, 1.165) is 63.4 Å². The third kappa shape index (κ3) is 7.07. The molecule has 2 saturated carbocycles. The summed E-state index contributed by atoms with van der Waals surface area (Å²) in [6.45, 7) is 6.42. The van der Waals surface area contributed by atoms with Gasteiger partial charge < -0.3 is 5.11 Å². The van der Waals surface area contributed by atoms with Crippen molar-refractivity contribution < 1.29 is 36.1 Å². The number of aromatic hydroxyl groups is 1. The van der Waals surface area contributed by atoms with E-state index in [1.165, 1.54) is 11.1 Å². The van der Waals surface area contributed by atoms with Crippen molar-refractivity contribution in [1.82, 2.24) is 0 Å². The molecule has 9 heteroatoms. The molecule has 1 aromatic rings. The second kappa shape index (κ2) is 12.8. The number of hydrogen-bond donors (Lipinski definition) is 1. The fourth-order valence-corrected chi connectivity index (χ4v) is 9.05. The molecule has 0 aliphatic heterocycles. The summed E-state index contributed by atoms with van der Waals surface area (Å²) in [6, 6.07) is 5.78. The molecule has 4 rings (SSSR count). The lowest BCUT2D eigenvalue weighted by molar-refractivity contribution is -0.284. The summed E-state index contributed by atoms with van der Waals surface area (Å²) in [6.07, 6.45) is 2.95. The number of phenolic OH excluding ortho intramolecular Hbond substituents is 1. The molecule has 3 nitrogen and oxygen atoms in total. The van der Waals surface area contributed by atoms with Crippen molar-refractivity contribution >= 4 is 16.6 Å². The highest BCUT2D eigenvalue weighted by molar-refractivity contribution is 7.84. The van der Waals surface area contributed by atoms with E-state index in [9.17, 15) is 36.1 Å². The number of halogens is 5. The van der Waals surface area contributed by atoms with Crippen LogP contribution in [0.2, 0.25) is 0 Å². The average Bonchev–Trinajstić information content (AvgIpc) is 3.12. The van der Waals surface area contributed by atoms with Crippen molar-refractivity contribution in [2.24, 2.45) is 23.2 Å². The second-order valence-electron chi connectivity index (χ2n) is 12.8. The molecular weight excluding hydrogens is 559 g/mol. The number of benzene rings is 1. The van der Waals surface area contributed by atoms with Crippen LogP contribution in [0.1, 0.15) is 101 Å². The van der Waals surface area contributed by atoms with E-state index in [4.69, 9.17) is 0 Å². The van der Waals surface area contributed by atoms with Gasteiger partial charge in [0.25, 0.3) is 0 Å². The van der Waals surface area contributed by atoms with E-state index in [0.29, 0.717) is 48.0 Å². The van der Waals surface area contributed by atoms with Crippen LogP contribution in [0.3, 0.4) is 0 Å². The Morgan fingerprint density at radius 2 is 1.66 bits per heavy atom. The summed E-state index contributed by atoms with van der Waals surface area (Å²) in [5, 5.41) is 10.1. The van der Waals surface area contributed by atoms with Gasteiger partial charge in [-0.2, -0.15) is 22.0 Å². The first kappa shape index (κ1) is 32.2. The lowest BCUT2D eigenvalue weighted by Gasteiger charge is -2.52. The summed E-state index contributed by atoms with van der Waals surface area (Å²) >= 11 is 0. The smallest absolute Gasteiger partial charge is 0.453 e. The monoisotopic (exact) mass is 602 g/mol. The highest BCUT2D eigenvalue weighted by Crippen LogP contribution is 2.63. The molecule has 0 amide bonds. The summed E-state index contributed by atoms with van der Waals surface area (Å²) in [7, 11) is -1.38. The normalized spacial score (nSPS) is 28.7. The van der Waals surface area contributed by atoms with Gasteiger partial charge in [-0.05, 0) is 96.4 Å². The average molecular weight is 603 g/mol. The predicted octanol–water partition coefficient (Wildman–Crippen LogP) is 8.67. The molecule has 230 valence electrons. The molecule has 1 aromatic carbocycles. The number of phenols is 1. The van der Waals surface area contributed by atoms with Crippen LogP contribution in [0.15, 0.2) is 30.4 Å². The Labute approximate surface area is 242 Å². The number of allylic oxidation sites excluding steroid dienone is 1. The Bertz CT molecular complexity index is 1130. The first-order valence-corrected chi connectivity index (χ1v) is 16.6. The van der Waals surface area contributed by atoms with Gasteiger partial charge in [0, 0.05) is 35.1 Å². The van der Waals surface area contributed by atoms with Crippen molar-refractivity contribution in [2.45, 2.75) is 108 Å². The van der Waals surface area contributed by atoms with Crippen LogP contribution in [-0.2, 0) is 22.0 Å². The Kier molecular flexibility index (Phi) is 10.1. The van der Waals surface area contributed by atoms with Gasteiger partial charge in [0.05, 0.1) is 0 Å². The van der Waals surface area contributed by atoms with E-state index in [1.54, 1.807) is 6.07 Å². The first-order chi connectivity index (χ1) is 19.2.